The summed E-state index contributed by atoms with van der Waals surface area (Å²) in [6, 6.07) is 8.44. The van der Waals surface area contributed by atoms with Gasteiger partial charge in [-0.1, -0.05) is 11.6 Å². The van der Waals surface area contributed by atoms with Crippen molar-refractivity contribution in [2.75, 3.05) is 20.3 Å². The first-order chi connectivity index (χ1) is 20.3. The zero-order valence-electron chi connectivity index (χ0n) is 23.4. The number of methoxy groups -OCH3 is 1. The third kappa shape index (κ3) is 4.68. The number of nitrogens with two attached hydrogens (primary N) is 1. The zero-order chi connectivity index (χ0) is 30.9. The van der Waals surface area contributed by atoms with E-state index >= 15 is 4.39 Å². The second-order valence-electron chi connectivity index (χ2n) is 11.1. The lowest BCUT2D eigenvalue weighted by atomic mass is 9.80. The Hall–Kier alpha value is -3.87. The molecule has 2 atom stereocenters. The number of alkyl halides is 1. The monoisotopic (exact) mass is 628 g/mol. The second-order valence-corrected chi connectivity index (χ2v) is 12.8. The van der Waals surface area contributed by atoms with Crippen molar-refractivity contribution in [1.29, 1.82) is 0 Å². The number of amides is 2. The molecule has 0 bridgehead atoms. The van der Waals surface area contributed by atoms with Gasteiger partial charge in [-0.3, -0.25) is 9.59 Å². The number of thiazole rings is 1. The van der Waals surface area contributed by atoms with Gasteiger partial charge in [0.2, 0.25) is 5.91 Å². The maximum Gasteiger partial charge on any atom is 0.251 e. The number of ether oxygens (including phenoxy) is 2. The topological polar surface area (TPSA) is 137 Å². The molecule has 1 fully saturated rings. The molecule has 6 rings (SSSR count). The summed E-state index contributed by atoms with van der Waals surface area (Å²) < 4.78 is 42.1. The van der Waals surface area contributed by atoms with Crippen molar-refractivity contribution in [3.63, 3.8) is 0 Å². The van der Waals surface area contributed by atoms with Gasteiger partial charge in [0.05, 0.1) is 34.1 Å². The fourth-order valence-corrected chi connectivity index (χ4v) is 6.41. The molecule has 4 aromatic rings. The van der Waals surface area contributed by atoms with Crippen LogP contribution in [0.25, 0.3) is 21.5 Å². The van der Waals surface area contributed by atoms with Crippen LogP contribution in [0, 0.1) is 12.7 Å². The fraction of sp³-hybridized carbons (Fsp3) is 0.333. The Morgan fingerprint density at radius 2 is 2.00 bits per heavy atom. The summed E-state index contributed by atoms with van der Waals surface area (Å²) >= 11 is 7.44. The number of hydrogen-bond acceptors (Lipinski definition) is 8. The molecule has 2 amide bonds. The van der Waals surface area contributed by atoms with Gasteiger partial charge in [-0.15, -0.1) is 11.3 Å². The molecule has 1 saturated carbocycles. The van der Waals surface area contributed by atoms with E-state index in [1.54, 1.807) is 13.0 Å². The highest BCUT2D eigenvalue weighted by atomic mass is 35.5. The van der Waals surface area contributed by atoms with Gasteiger partial charge in [0, 0.05) is 16.7 Å². The van der Waals surface area contributed by atoms with Crippen LogP contribution in [0.15, 0.2) is 36.4 Å². The Balaban J connectivity index is 1.43. The molecule has 1 aliphatic heterocycles. The number of rotatable bonds is 8. The van der Waals surface area contributed by atoms with E-state index in [0.717, 1.165) is 15.8 Å². The van der Waals surface area contributed by atoms with Crippen LogP contribution < -0.4 is 20.5 Å². The number of aliphatic hydroxyl groups is 1. The van der Waals surface area contributed by atoms with Crippen molar-refractivity contribution in [3.05, 3.63) is 69.1 Å². The molecule has 2 aromatic heterocycles. The molecular formula is C30H27ClF2N4O5S. The summed E-state index contributed by atoms with van der Waals surface area (Å²) in [6.45, 7) is 2.74. The molecule has 0 saturated heterocycles. The van der Waals surface area contributed by atoms with E-state index in [-0.39, 0.29) is 52.7 Å². The summed E-state index contributed by atoms with van der Waals surface area (Å²) in [6.07, 6.45) is 0.0265. The van der Waals surface area contributed by atoms with Crippen LogP contribution in [0.2, 0.25) is 5.02 Å². The number of primary amides is 1. The molecule has 224 valence electrons. The van der Waals surface area contributed by atoms with Crippen LogP contribution >= 0.6 is 22.9 Å². The van der Waals surface area contributed by atoms with Gasteiger partial charge in [-0.25, -0.2) is 18.7 Å². The van der Waals surface area contributed by atoms with Crippen molar-refractivity contribution in [1.82, 2.24) is 15.3 Å². The highest BCUT2D eigenvalue weighted by molar-refractivity contribution is 7.18. The Labute approximate surface area is 254 Å². The molecule has 43 heavy (non-hydrogen) atoms. The number of fused-ring (bicyclic) bond motifs is 2. The first-order valence-corrected chi connectivity index (χ1v) is 14.6. The SMILES string of the molecule is COc1cc(C(=O)NC[C@](O)(c2cc3c(c(-c4ccc(F)c(Cl)c4)n2)OC[C@]3(C)C(N)=O)C2(F)CC2)cc2sc(C)nc12. The van der Waals surface area contributed by atoms with Crippen molar-refractivity contribution in [2.45, 2.75) is 43.4 Å². The van der Waals surface area contributed by atoms with Gasteiger partial charge in [0.25, 0.3) is 5.91 Å². The highest BCUT2D eigenvalue weighted by Gasteiger charge is 2.62. The number of aryl methyl sites for hydroxylation is 1. The fourth-order valence-electron chi connectivity index (χ4n) is 5.35. The molecule has 2 aliphatic rings. The van der Waals surface area contributed by atoms with E-state index in [0.29, 0.717) is 16.8 Å². The quantitative estimate of drug-likeness (QED) is 0.257. The van der Waals surface area contributed by atoms with E-state index in [1.165, 1.54) is 42.7 Å². The number of nitrogens with one attached hydrogen (secondary N) is 1. The van der Waals surface area contributed by atoms with Gasteiger partial charge in [0.15, 0.2) is 5.60 Å². The first kappa shape index (κ1) is 29.2. The van der Waals surface area contributed by atoms with Gasteiger partial charge in [-0.05, 0) is 63.1 Å². The number of carbonyl (C=O) groups excluding carboxylic acids is 2. The van der Waals surface area contributed by atoms with Crippen molar-refractivity contribution in [2.24, 2.45) is 5.73 Å². The van der Waals surface area contributed by atoms with Crippen molar-refractivity contribution >= 4 is 45.0 Å². The van der Waals surface area contributed by atoms with Crippen LogP contribution in [0.1, 0.15) is 46.4 Å². The highest BCUT2D eigenvalue weighted by Crippen LogP contribution is 2.55. The van der Waals surface area contributed by atoms with E-state index < -0.39 is 40.9 Å². The van der Waals surface area contributed by atoms with E-state index in [2.05, 4.69) is 15.3 Å². The lowest BCUT2D eigenvalue weighted by Gasteiger charge is -2.33. The maximum atomic E-state index is 16.1. The largest absolute Gasteiger partial charge is 0.494 e. The van der Waals surface area contributed by atoms with Gasteiger partial charge < -0.3 is 25.6 Å². The third-order valence-electron chi connectivity index (χ3n) is 8.22. The van der Waals surface area contributed by atoms with E-state index in [1.807, 2.05) is 6.92 Å². The Bertz CT molecular complexity index is 1830. The third-order valence-corrected chi connectivity index (χ3v) is 9.42. The zero-order valence-corrected chi connectivity index (χ0v) is 25.0. The average molecular weight is 629 g/mol. The molecule has 0 unspecified atom stereocenters. The number of benzene rings is 2. The molecule has 3 heterocycles. The number of nitrogens with zero attached hydrogens (tertiary/aromatic N) is 2. The average Bonchev–Trinajstić information content (AvgIpc) is 3.48. The van der Waals surface area contributed by atoms with Crippen molar-refractivity contribution < 1.29 is 33.0 Å². The molecular weight excluding hydrogens is 602 g/mol. The Morgan fingerprint density at radius 3 is 2.65 bits per heavy atom. The predicted molar refractivity (Wildman–Crippen MR) is 157 cm³/mol. The minimum atomic E-state index is -2.31. The summed E-state index contributed by atoms with van der Waals surface area (Å²) in [7, 11) is 1.47. The van der Waals surface area contributed by atoms with Gasteiger partial charge in [-0.2, -0.15) is 0 Å². The van der Waals surface area contributed by atoms with Crippen LogP contribution in [0.3, 0.4) is 0 Å². The number of aromatic nitrogens is 2. The first-order valence-electron chi connectivity index (χ1n) is 13.4. The molecule has 1 aliphatic carbocycles. The summed E-state index contributed by atoms with van der Waals surface area (Å²) in [5.74, 6) is -1.36. The van der Waals surface area contributed by atoms with Gasteiger partial charge in [0.1, 0.15) is 46.2 Å². The van der Waals surface area contributed by atoms with Crippen LogP contribution in [0.5, 0.6) is 11.5 Å². The molecule has 0 spiro atoms. The number of carbonyl (C=O) groups is 2. The standard InChI is InChI=1S/C30H27ClF2N4O5S/c1-14-36-24-20(41-3)9-16(10-21(24)43-14)26(38)35-12-30(40,29(33)6-7-29)22-11-17-25(42-13-28(17,2)27(34)39)23(37-22)15-4-5-19(32)18(31)8-15/h4-5,8-11,40H,6-7,12-13H2,1-3H3,(H2,34,39)(H,35,38)/t28-,30-/m0/s1. The van der Waals surface area contributed by atoms with Gasteiger partial charge >= 0.3 is 0 Å². The summed E-state index contributed by atoms with van der Waals surface area (Å²) in [4.78, 5) is 34.9. The molecule has 4 N–H and O–H groups in total. The maximum absolute atomic E-state index is 16.1. The van der Waals surface area contributed by atoms with Crippen molar-refractivity contribution in [3.8, 4) is 22.8 Å². The van der Waals surface area contributed by atoms with Crippen LogP contribution in [0.4, 0.5) is 8.78 Å². The normalized spacial score (nSPS) is 19.8. The molecule has 9 nitrogen and oxygen atoms in total. The Morgan fingerprint density at radius 1 is 1.26 bits per heavy atom. The summed E-state index contributed by atoms with van der Waals surface area (Å²) in [5, 5.41) is 15.3. The smallest absolute Gasteiger partial charge is 0.251 e. The Kier molecular flexibility index (Phi) is 6.86. The minimum absolute atomic E-state index is 0.0132. The second kappa shape index (κ2) is 10.1. The predicted octanol–water partition coefficient (Wildman–Crippen LogP) is 4.72. The molecule has 0 radical (unpaired) electrons. The number of halogens is 3. The van der Waals surface area contributed by atoms with Crippen LogP contribution in [-0.4, -0.2) is 52.8 Å². The number of hydrogen-bond donors (Lipinski definition) is 3. The lowest BCUT2D eigenvalue weighted by molar-refractivity contribution is -0.123. The molecule has 2 aromatic carbocycles. The minimum Gasteiger partial charge on any atom is -0.494 e. The summed E-state index contributed by atoms with van der Waals surface area (Å²) in [5.41, 5.74) is 1.39. The van der Waals surface area contributed by atoms with E-state index in [9.17, 15) is 19.1 Å². The number of pyridine rings is 1. The van der Waals surface area contributed by atoms with Crippen LogP contribution in [-0.2, 0) is 15.8 Å². The lowest BCUT2D eigenvalue weighted by Crippen LogP contribution is -2.49. The van der Waals surface area contributed by atoms with E-state index in [4.69, 9.17) is 26.8 Å². The molecule has 13 heteroatoms.